The van der Waals surface area contributed by atoms with Gasteiger partial charge in [0.1, 0.15) is 11.6 Å². The van der Waals surface area contributed by atoms with Crippen LogP contribution in [0.2, 0.25) is 0 Å². The molecule has 0 saturated heterocycles. The Morgan fingerprint density at radius 1 is 1.19 bits per heavy atom. The largest absolute Gasteiger partial charge is 0.430 e. The molecule has 0 aliphatic heterocycles. The van der Waals surface area contributed by atoms with Gasteiger partial charge in [0.15, 0.2) is 0 Å². The fraction of sp³-hybridized carbons (Fsp3) is 0.381. The first kappa shape index (κ1) is 21.0. The number of thiocarbonyl (C=S) groups is 1. The third-order valence-corrected chi connectivity index (χ3v) is 4.69. The highest BCUT2D eigenvalue weighted by Gasteiger charge is 2.10. The van der Waals surface area contributed by atoms with Crippen molar-refractivity contribution in [3.05, 3.63) is 58.4 Å². The van der Waals surface area contributed by atoms with Crippen molar-refractivity contribution in [2.45, 2.75) is 34.1 Å². The summed E-state index contributed by atoms with van der Waals surface area (Å²) in [5.74, 6) is 1.01. The van der Waals surface area contributed by atoms with E-state index in [2.05, 4.69) is 41.8 Å². The molecule has 0 fully saturated rings. The topological polar surface area (TPSA) is 63.7 Å². The van der Waals surface area contributed by atoms with Gasteiger partial charge < -0.3 is 15.4 Å². The number of amidine groups is 1. The summed E-state index contributed by atoms with van der Waals surface area (Å²) in [5.41, 5.74) is 11.3. The molecule has 5 nitrogen and oxygen atoms in total. The monoisotopic (exact) mass is 384 g/mol. The lowest BCUT2D eigenvalue weighted by atomic mass is 10.0. The molecule has 0 saturated carbocycles. The Morgan fingerprint density at radius 3 is 2.59 bits per heavy atom. The van der Waals surface area contributed by atoms with Gasteiger partial charge in [0.2, 0.25) is 0 Å². The first-order valence-electron chi connectivity index (χ1n) is 9.06. The number of hydrogen-bond acceptors (Lipinski definition) is 4. The molecule has 0 spiro atoms. The number of nitrogens with two attached hydrogens (primary N) is 1. The van der Waals surface area contributed by atoms with Crippen LogP contribution in [0.4, 0.5) is 0 Å². The molecule has 2 N–H and O–H groups in total. The molecule has 6 heteroatoms. The van der Waals surface area contributed by atoms with Gasteiger partial charge in [-0.05, 0) is 87.4 Å². The summed E-state index contributed by atoms with van der Waals surface area (Å²) in [4.78, 5) is 10.6. The summed E-state index contributed by atoms with van der Waals surface area (Å²) in [6.45, 7) is 10.3. The third kappa shape index (κ3) is 6.12. The molecule has 0 atom stereocenters. The molecule has 0 amide bonds. The Labute approximate surface area is 167 Å². The van der Waals surface area contributed by atoms with E-state index in [9.17, 15) is 0 Å². The molecule has 2 rings (SSSR count). The van der Waals surface area contributed by atoms with Crippen molar-refractivity contribution in [1.29, 1.82) is 0 Å². The van der Waals surface area contributed by atoms with Crippen LogP contribution in [-0.4, -0.2) is 41.0 Å². The average Bonchev–Trinajstić information content (AvgIpc) is 2.62. The van der Waals surface area contributed by atoms with Crippen molar-refractivity contribution >= 4 is 23.2 Å². The molecule has 1 heterocycles. The van der Waals surface area contributed by atoms with Crippen LogP contribution in [0.25, 0.3) is 0 Å². The van der Waals surface area contributed by atoms with Gasteiger partial charge in [-0.2, -0.15) is 4.99 Å². The summed E-state index contributed by atoms with van der Waals surface area (Å²) in [6, 6.07) is 6.09. The fourth-order valence-electron chi connectivity index (χ4n) is 2.67. The van der Waals surface area contributed by atoms with Crippen LogP contribution in [0, 0.1) is 20.8 Å². The van der Waals surface area contributed by atoms with E-state index in [1.54, 1.807) is 12.4 Å². The average molecular weight is 385 g/mol. The van der Waals surface area contributed by atoms with Gasteiger partial charge in [-0.25, -0.2) is 0 Å². The highest BCUT2D eigenvalue weighted by atomic mass is 32.1. The smallest absolute Gasteiger partial charge is 0.290 e. The molecule has 144 valence electrons. The normalized spacial score (nSPS) is 11.7. The van der Waals surface area contributed by atoms with Crippen molar-refractivity contribution in [1.82, 2.24) is 9.88 Å². The first-order valence-corrected chi connectivity index (χ1v) is 9.47. The molecule has 0 bridgehead atoms. The fourth-order valence-corrected chi connectivity index (χ4v) is 2.86. The van der Waals surface area contributed by atoms with E-state index < -0.39 is 0 Å². The predicted octanol–water partition coefficient (Wildman–Crippen LogP) is 3.57. The lowest BCUT2D eigenvalue weighted by Crippen LogP contribution is -2.20. The zero-order chi connectivity index (χ0) is 20.0. The Hall–Kier alpha value is -2.31. The number of benzene rings is 1. The lowest BCUT2D eigenvalue weighted by Gasteiger charge is -2.16. The molecular formula is C21H28N4OS. The maximum absolute atomic E-state index is 6.03. The minimum Gasteiger partial charge on any atom is -0.430 e. The number of hydrogen-bond donors (Lipinski definition) is 1. The second-order valence-corrected chi connectivity index (χ2v) is 7.16. The molecule has 27 heavy (non-hydrogen) atoms. The predicted molar refractivity (Wildman–Crippen MR) is 116 cm³/mol. The highest BCUT2D eigenvalue weighted by molar-refractivity contribution is 7.80. The van der Waals surface area contributed by atoms with Crippen molar-refractivity contribution < 1.29 is 4.74 Å². The third-order valence-electron chi connectivity index (χ3n) is 4.52. The molecule has 0 radical (unpaired) electrons. The number of likely N-dealkylation sites (N-methyl/N-ethyl adjacent to an activating group) is 1. The van der Waals surface area contributed by atoms with Gasteiger partial charge in [-0.3, -0.25) is 4.98 Å². The summed E-state index contributed by atoms with van der Waals surface area (Å²) in [5, 5.41) is 0.0926. The van der Waals surface area contributed by atoms with E-state index >= 15 is 0 Å². The van der Waals surface area contributed by atoms with Gasteiger partial charge in [-0.15, -0.1) is 0 Å². The molecular weight excluding hydrogens is 356 g/mol. The van der Waals surface area contributed by atoms with Crippen molar-refractivity contribution in [3.63, 3.8) is 0 Å². The Kier molecular flexibility index (Phi) is 7.45. The first-order chi connectivity index (χ1) is 12.8. The number of ether oxygens (including phenoxy) is 1. The van der Waals surface area contributed by atoms with E-state index in [1.807, 2.05) is 26.0 Å². The van der Waals surface area contributed by atoms with E-state index in [0.29, 0.717) is 11.6 Å². The van der Waals surface area contributed by atoms with Crippen molar-refractivity contribution in [2.75, 3.05) is 20.1 Å². The molecule has 2 aromatic rings. The van der Waals surface area contributed by atoms with Gasteiger partial charge in [0, 0.05) is 24.5 Å². The second-order valence-electron chi connectivity index (χ2n) is 6.81. The number of pyridine rings is 1. The van der Waals surface area contributed by atoms with E-state index in [-0.39, 0.29) is 5.17 Å². The molecule has 0 aliphatic rings. The minimum absolute atomic E-state index is 0.0926. The Bertz CT molecular complexity index is 848. The van der Waals surface area contributed by atoms with Crippen LogP contribution >= 0.6 is 12.2 Å². The van der Waals surface area contributed by atoms with Crippen LogP contribution in [0.15, 0.2) is 35.6 Å². The zero-order valence-electron chi connectivity index (χ0n) is 16.7. The van der Waals surface area contributed by atoms with E-state index in [4.69, 9.17) is 22.7 Å². The van der Waals surface area contributed by atoms with Crippen molar-refractivity contribution in [2.24, 2.45) is 10.7 Å². The van der Waals surface area contributed by atoms with Gasteiger partial charge in [0.25, 0.3) is 5.17 Å². The van der Waals surface area contributed by atoms with Crippen LogP contribution in [0.3, 0.4) is 0 Å². The van der Waals surface area contributed by atoms with Gasteiger partial charge >= 0.3 is 0 Å². The number of aliphatic imine (C=N–C) groups is 1. The zero-order valence-corrected chi connectivity index (χ0v) is 17.6. The van der Waals surface area contributed by atoms with E-state index in [1.165, 1.54) is 11.1 Å². The molecule has 1 aromatic heterocycles. The number of rotatable bonds is 6. The number of aryl methyl sites for hydroxylation is 3. The Balaban J connectivity index is 2.11. The van der Waals surface area contributed by atoms with Crippen LogP contribution in [-0.2, 0) is 6.42 Å². The molecule has 0 unspecified atom stereocenters. The standard InChI is InChI=1S/C21H28N4OS/c1-6-25(5)8-7-17-10-16(4)19(11-15(17)3)26-21(27)24-20(22)18-9-14(2)12-23-13-18/h9-13H,6-8H2,1-5H3,(H2,22,24,27). The van der Waals surface area contributed by atoms with Gasteiger partial charge in [0.05, 0.1) is 0 Å². The molecule has 1 aromatic carbocycles. The Morgan fingerprint density at radius 2 is 1.93 bits per heavy atom. The highest BCUT2D eigenvalue weighted by Crippen LogP contribution is 2.24. The summed E-state index contributed by atoms with van der Waals surface area (Å²) in [6.07, 6.45) is 4.43. The molecule has 0 aliphatic carbocycles. The SMILES string of the molecule is CCN(C)CCc1cc(C)c(OC(=S)N=C(N)c2cncc(C)c2)cc1C. The minimum atomic E-state index is 0.0926. The number of aromatic nitrogens is 1. The van der Waals surface area contributed by atoms with Crippen LogP contribution in [0.1, 0.15) is 34.7 Å². The maximum Gasteiger partial charge on any atom is 0.290 e. The van der Waals surface area contributed by atoms with E-state index in [0.717, 1.165) is 36.2 Å². The quantitative estimate of drug-likeness (QED) is 0.469. The maximum atomic E-state index is 6.03. The number of nitrogens with zero attached hydrogens (tertiary/aromatic N) is 3. The lowest BCUT2D eigenvalue weighted by molar-refractivity contribution is 0.357. The second kappa shape index (κ2) is 9.58. The van der Waals surface area contributed by atoms with Crippen LogP contribution in [0.5, 0.6) is 5.75 Å². The van der Waals surface area contributed by atoms with Gasteiger partial charge in [-0.1, -0.05) is 13.0 Å². The van der Waals surface area contributed by atoms with Crippen molar-refractivity contribution in [3.8, 4) is 5.75 Å². The van der Waals surface area contributed by atoms with Crippen LogP contribution < -0.4 is 10.5 Å². The summed E-state index contributed by atoms with van der Waals surface area (Å²) in [7, 11) is 2.13. The summed E-state index contributed by atoms with van der Waals surface area (Å²) < 4.78 is 5.78. The summed E-state index contributed by atoms with van der Waals surface area (Å²) >= 11 is 5.27.